The maximum atomic E-state index is 4.27. The molecule has 0 radical (unpaired) electrons. The Morgan fingerprint density at radius 3 is 2.59 bits per heavy atom. The summed E-state index contributed by atoms with van der Waals surface area (Å²) in [5, 5.41) is 6.71. The summed E-state index contributed by atoms with van der Waals surface area (Å²) in [6, 6.07) is 12.6. The van der Waals surface area contributed by atoms with Gasteiger partial charge in [0.15, 0.2) is 5.96 Å². The number of aromatic nitrogens is 1. The molecule has 0 spiro atoms. The number of rotatable bonds is 6. The Morgan fingerprint density at radius 2 is 1.91 bits per heavy atom. The SMILES string of the molecule is CCc1ccccc1CNC(=NC)NCCc1cccnc1. The van der Waals surface area contributed by atoms with Crippen molar-refractivity contribution < 1.29 is 0 Å². The zero-order valence-corrected chi connectivity index (χ0v) is 13.3. The smallest absolute Gasteiger partial charge is 0.191 e. The van der Waals surface area contributed by atoms with Crippen LogP contribution in [-0.4, -0.2) is 24.5 Å². The summed E-state index contributed by atoms with van der Waals surface area (Å²) in [4.78, 5) is 8.39. The number of nitrogens with zero attached hydrogens (tertiary/aromatic N) is 2. The summed E-state index contributed by atoms with van der Waals surface area (Å²) in [6.07, 6.45) is 5.67. The van der Waals surface area contributed by atoms with Crippen molar-refractivity contribution in [2.24, 2.45) is 4.99 Å². The molecule has 0 fully saturated rings. The van der Waals surface area contributed by atoms with Crippen molar-refractivity contribution in [1.82, 2.24) is 15.6 Å². The molecule has 0 unspecified atom stereocenters. The van der Waals surface area contributed by atoms with Crippen molar-refractivity contribution in [3.8, 4) is 0 Å². The van der Waals surface area contributed by atoms with Gasteiger partial charge in [0.25, 0.3) is 0 Å². The lowest BCUT2D eigenvalue weighted by Crippen LogP contribution is -2.38. The third-order valence-electron chi connectivity index (χ3n) is 3.60. The van der Waals surface area contributed by atoms with Gasteiger partial charge in [0.2, 0.25) is 0 Å². The van der Waals surface area contributed by atoms with Crippen LogP contribution in [0.2, 0.25) is 0 Å². The first kappa shape index (κ1) is 16.0. The van der Waals surface area contributed by atoms with Gasteiger partial charge in [-0.05, 0) is 35.6 Å². The largest absolute Gasteiger partial charge is 0.356 e. The topological polar surface area (TPSA) is 49.3 Å². The van der Waals surface area contributed by atoms with Gasteiger partial charge in [-0.3, -0.25) is 9.98 Å². The fraction of sp³-hybridized carbons (Fsp3) is 0.333. The Balaban J connectivity index is 1.80. The third kappa shape index (κ3) is 4.88. The first-order valence-electron chi connectivity index (χ1n) is 7.73. The van der Waals surface area contributed by atoms with Crippen LogP contribution in [0, 0.1) is 0 Å². The summed E-state index contributed by atoms with van der Waals surface area (Å²) in [5.41, 5.74) is 3.92. The second kappa shape index (κ2) is 8.82. The molecule has 2 aromatic rings. The highest BCUT2D eigenvalue weighted by atomic mass is 15.2. The maximum Gasteiger partial charge on any atom is 0.191 e. The minimum Gasteiger partial charge on any atom is -0.356 e. The second-order valence-corrected chi connectivity index (χ2v) is 5.09. The van der Waals surface area contributed by atoms with Crippen molar-refractivity contribution >= 4 is 5.96 Å². The molecule has 1 aromatic heterocycles. The Hall–Kier alpha value is -2.36. The average Bonchev–Trinajstić information content (AvgIpc) is 2.59. The molecule has 4 nitrogen and oxygen atoms in total. The molecule has 0 saturated heterocycles. The summed E-state index contributed by atoms with van der Waals surface area (Å²) in [5.74, 6) is 0.829. The van der Waals surface area contributed by atoms with Crippen LogP contribution in [0.1, 0.15) is 23.6 Å². The lowest BCUT2D eigenvalue weighted by molar-refractivity contribution is 0.788. The average molecular weight is 296 g/mol. The predicted molar refractivity (Wildman–Crippen MR) is 92.0 cm³/mol. The summed E-state index contributed by atoms with van der Waals surface area (Å²) in [6.45, 7) is 3.80. The molecule has 1 aromatic carbocycles. The minimum absolute atomic E-state index is 0.788. The van der Waals surface area contributed by atoms with E-state index in [1.807, 2.05) is 12.3 Å². The summed E-state index contributed by atoms with van der Waals surface area (Å²) >= 11 is 0. The Bertz CT molecular complexity index is 593. The molecule has 0 bridgehead atoms. The first-order chi connectivity index (χ1) is 10.8. The Morgan fingerprint density at radius 1 is 1.09 bits per heavy atom. The van der Waals surface area contributed by atoms with E-state index in [9.17, 15) is 0 Å². The van der Waals surface area contributed by atoms with E-state index < -0.39 is 0 Å². The summed E-state index contributed by atoms with van der Waals surface area (Å²) < 4.78 is 0. The molecule has 2 N–H and O–H groups in total. The van der Waals surface area contributed by atoms with Crippen LogP contribution in [0.5, 0.6) is 0 Å². The lowest BCUT2D eigenvalue weighted by atomic mass is 10.1. The molecule has 0 atom stereocenters. The van der Waals surface area contributed by atoms with Crippen LogP contribution in [0.25, 0.3) is 0 Å². The number of pyridine rings is 1. The monoisotopic (exact) mass is 296 g/mol. The zero-order valence-electron chi connectivity index (χ0n) is 13.3. The van der Waals surface area contributed by atoms with Gasteiger partial charge in [0, 0.05) is 32.5 Å². The highest BCUT2D eigenvalue weighted by Gasteiger charge is 2.02. The van der Waals surface area contributed by atoms with Gasteiger partial charge < -0.3 is 10.6 Å². The molecule has 0 aliphatic heterocycles. The molecular weight excluding hydrogens is 272 g/mol. The molecule has 116 valence electrons. The van der Waals surface area contributed by atoms with Crippen molar-refractivity contribution in [1.29, 1.82) is 0 Å². The van der Waals surface area contributed by atoms with E-state index in [1.165, 1.54) is 16.7 Å². The van der Waals surface area contributed by atoms with Crippen molar-refractivity contribution in [3.05, 3.63) is 65.5 Å². The Kier molecular flexibility index (Phi) is 6.42. The molecule has 1 heterocycles. The quantitative estimate of drug-likeness (QED) is 0.636. The molecule has 0 saturated carbocycles. The molecule has 0 aliphatic rings. The van der Waals surface area contributed by atoms with E-state index >= 15 is 0 Å². The fourth-order valence-electron chi connectivity index (χ4n) is 2.35. The van der Waals surface area contributed by atoms with Crippen molar-refractivity contribution in [2.45, 2.75) is 26.3 Å². The van der Waals surface area contributed by atoms with Crippen LogP contribution in [0.15, 0.2) is 53.8 Å². The molecule has 2 rings (SSSR count). The molecular formula is C18H24N4. The second-order valence-electron chi connectivity index (χ2n) is 5.09. The molecule has 0 amide bonds. The Labute approximate surface area is 132 Å². The van der Waals surface area contributed by atoms with Gasteiger partial charge in [0.1, 0.15) is 0 Å². The van der Waals surface area contributed by atoms with Crippen LogP contribution in [0.4, 0.5) is 0 Å². The van der Waals surface area contributed by atoms with E-state index in [0.717, 1.165) is 31.9 Å². The van der Waals surface area contributed by atoms with E-state index in [-0.39, 0.29) is 0 Å². The van der Waals surface area contributed by atoms with Gasteiger partial charge in [-0.25, -0.2) is 0 Å². The number of nitrogens with one attached hydrogen (secondary N) is 2. The normalized spacial score (nSPS) is 11.3. The lowest BCUT2D eigenvalue weighted by Gasteiger charge is -2.13. The number of hydrogen-bond donors (Lipinski definition) is 2. The molecule has 0 aliphatic carbocycles. The van der Waals surface area contributed by atoms with Gasteiger partial charge >= 0.3 is 0 Å². The maximum absolute atomic E-state index is 4.27. The minimum atomic E-state index is 0.788. The highest BCUT2D eigenvalue weighted by molar-refractivity contribution is 5.79. The highest BCUT2D eigenvalue weighted by Crippen LogP contribution is 2.08. The number of aliphatic imine (C=N–C) groups is 1. The number of benzene rings is 1. The van der Waals surface area contributed by atoms with Crippen LogP contribution >= 0.6 is 0 Å². The van der Waals surface area contributed by atoms with Gasteiger partial charge in [-0.1, -0.05) is 37.3 Å². The van der Waals surface area contributed by atoms with Crippen LogP contribution in [0.3, 0.4) is 0 Å². The number of hydrogen-bond acceptors (Lipinski definition) is 2. The van der Waals surface area contributed by atoms with E-state index in [4.69, 9.17) is 0 Å². The van der Waals surface area contributed by atoms with E-state index in [2.05, 4.69) is 57.9 Å². The number of guanidine groups is 1. The van der Waals surface area contributed by atoms with Gasteiger partial charge in [-0.15, -0.1) is 0 Å². The first-order valence-corrected chi connectivity index (χ1v) is 7.73. The van der Waals surface area contributed by atoms with E-state index in [1.54, 1.807) is 13.2 Å². The van der Waals surface area contributed by atoms with Gasteiger partial charge in [-0.2, -0.15) is 0 Å². The van der Waals surface area contributed by atoms with E-state index in [0.29, 0.717) is 0 Å². The van der Waals surface area contributed by atoms with Crippen molar-refractivity contribution in [3.63, 3.8) is 0 Å². The van der Waals surface area contributed by atoms with Crippen LogP contribution in [-0.2, 0) is 19.4 Å². The van der Waals surface area contributed by atoms with Gasteiger partial charge in [0.05, 0.1) is 0 Å². The predicted octanol–water partition coefficient (Wildman–Crippen LogP) is 2.55. The summed E-state index contributed by atoms with van der Waals surface area (Å²) in [7, 11) is 1.80. The molecule has 22 heavy (non-hydrogen) atoms. The molecule has 4 heteroatoms. The van der Waals surface area contributed by atoms with Crippen molar-refractivity contribution in [2.75, 3.05) is 13.6 Å². The number of aryl methyl sites for hydroxylation is 1. The zero-order chi connectivity index (χ0) is 15.6. The standard InChI is InChI=1S/C18H24N4/c1-3-16-8-4-5-9-17(16)14-22-18(19-2)21-12-10-15-7-6-11-20-13-15/h4-9,11,13H,3,10,12,14H2,1-2H3,(H2,19,21,22). The third-order valence-corrected chi connectivity index (χ3v) is 3.60. The van der Waals surface area contributed by atoms with Crippen LogP contribution < -0.4 is 10.6 Å². The fourth-order valence-corrected chi connectivity index (χ4v) is 2.35.